The molecule has 5 heteroatoms. The Morgan fingerprint density at radius 2 is 1.82 bits per heavy atom. The Morgan fingerprint density at radius 1 is 1.18 bits per heavy atom. The minimum absolute atomic E-state index is 0.631. The third-order valence-electron chi connectivity index (χ3n) is 4.11. The fourth-order valence-electron chi connectivity index (χ4n) is 2.68. The molecule has 1 heterocycles. The first kappa shape index (κ1) is 16.8. The number of hydrogen-bond acceptors (Lipinski definition) is 3. The van der Waals surface area contributed by atoms with E-state index in [1.54, 1.807) is 0 Å². The monoisotopic (exact) mass is 304 g/mol. The molecule has 0 radical (unpaired) electrons. The summed E-state index contributed by atoms with van der Waals surface area (Å²) in [6.07, 6.45) is 0. The number of nitrogens with zero attached hydrogens (tertiary/aromatic N) is 3. The number of aliphatic imine (C=N–C) groups is 1. The molecular formula is C17H28N4O. The topological polar surface area (TPSA) is 54.1 Å². The van der Waals surface area contributed by atoms with Crippen LogP contribution in [0.15, 0.2) is 29.3 Å². The Hall–Kier alpha value is -1.59. The molecule has 0 atom stereocenters. The smallest absolute Gasteiger partial charge is 0.191 e. The molecule has 1 fully saturated rings. The molecule has 122 valence electrons. The summed E-state index contributed by atoms with van der Waals surface area (Å²) in [6.45, 7) is 11.2. The van der Waals surface area contributed by atoms with Crippen molar-refractivity contribution in [1.82, 2.24) is 9.80 Å². The lowest BCUT2D eigenvalue weighted by Gasteiger charge is -2.27. The Kier molecular flexibility index (Phi) is 6.68. The van der Waals surface area contributed by atoms with E-state index in [1.807, 2.05) is 0 Å². The molecule has 0 bridgehead atoms. The summed E-state index contributed by atoms with van der Waals surface area (Å²) in [5.74, 6) is 0.631. The van der Waals surface area contributed by atoms with Gasteiger partial charge in [0.2, 0.25) is 0 Å². The standard InChI is InChI=1S/C17H28N4O/c1-3-21(4-2)17(18)19-13-15-7-5-6-8-16(15)14-20-9-11-22-12-10-20/h5-8H,3-4,9-14H2,1-2H3,(H2,18,19). The maximum Gasteiger partial charge on any atom is 0.191 e. The maximum atomic E-state index is 6.07. The second kappa shape index (κ2) is 8.76. The van der Waals surface area contributed by atoms with Crippen LogP contribution < -0.4 is 5.73 Å². The van der Waals surface area contributed by atoms with Crippen LogP contribution in [0.5, 0.6) is 0 Å². The van der Waals surface area contributed by atoms with E-state index in [-0.39, 0.29) is 0 Å². The molecule has 1 aliphatic heterocycles. The van der Waals surface area contributed by atoms with E-state index in [4.69, 9.17) is 10.5 Å². The van der Waals surface area contributed by atoms with Gasteiger partial charge in [-0.2, -0.15) is 0 Å². The molecule has 0 saturated carbocycles. The van der Waals surface area contributed by atoms with Gasteiger partial charge in [-0.25, -0.2) is 4.99 Å². The first-order valence-corrected chi connectivity index (χ1v) is 8.16. The van der Waals surface area contributed by atoms with E-state index in [2.05, 4.69) is 52.9 Å². The van der Waals surface area contributed by atoms with Gasteiger partial charge in [0.25, 0.3) is 0 Å². The zero-order chi connectivity index (χ0) is 15.8. The number of guanidine groups is 1. The predicted octanol–water partition coefficient (Wildman–Crippen LogP) is 1.68. The summed E-state index contributed by atoms with van der Waals surface area (Å²) in [4.78, 5) is 9.07. The molecule has 1 saturated heterocycles. The lowest BCUT2D eigenvalue weighted by molar-refractivity contribution is 0.0341. The highest BCUT2D eigenvalue weighted by molar-refractivity contribution is 5.78. The van der Waals surface area contributed by atoms with Gasteiger partial charge in [0, 0.05) is 32.7 Å². The van der Waals surface area contributed by atoms with Crippen LogP contribution in [0.3, 0.4) is 0 Å². The highest BCUT2D eigenvalue weighted by atomic mass is 16.5. The lowest BCUT2D eigenvalue weighted by Crippen LogP contribution is -2.37. The number of ether oxygens (including phenoxy) is 1. The van der Waals surface area contributed by atoms with Crippen LogP contribution in [-0.4, -0.2) is 55.2 Å². The largest absolute Gasteiger partial charge is 0.379 e. The van der Waals surface area contributed by atoms with E-state index in [0.29, 0.717) is 12.5 Å². The first-order valence-electron chi connectivity index (χ1n) is 8.16. The van der Waals surface area contributed by atoms with Crippen molar-refractivity contribution in [2.24, 2.45) is 10.7 Å². The second-order valence-electron chi connectivity index (χ2n) is 5.50. The van der Waals surface area contributed by atoms with Crippen LogP contribution in [0.25, 0.3) is 0 Å². The molecule has 2 N–H and O–H groups in total. The molecular weight excluding hydrogens is 276 g/mol. The number of hydrogen-bond donors (Lipinski definition) is 1. The van der Waals surface area contributed by atoms with Crippen LogP contribution in [0.4, 0.5) is 0 Å². The van der Waals surface area contributed by atoms with Gasteiger partial charge >= 0.3 is 0 Å². The van der Waals surface area contributed by atoms with Crippen molar-refractivity contribution in [2.75, 3.05) is 39.4 Å². The summed E-state index contributed by atoms with van der Waals surface area (Å²) >= 11 is 0. The fourth-order valence-corrected chi connectivity index (χ4v) is 2.68. The fraction of sp³-hybridized carbons (Fsp3) is 0.588. The molecule has 0 spiro atoms. The Bertz CT molecular complexity index is 479. The molecule has 2 rings (SSSR count). The van der Waals surface area contributed by atoms with Crippen molar-refractivity contribution in [3.05, 3.63) is 35.4 Å². The van der Waals surface area contributed by atoms with Gasteiger partial charge in [-0.15, -0.1) is 0 Å². The number of nitrogens with two attached hydrogens (primary N) is 1. The maximum absolute atomic E-state index is 6.07. The zero-order valence-corrected chi connectivity index (χ0v) is 13.8. The molecule has 1 aromatic carbocycles. The molecule has 0 unspecified atom stereocenters. The first-order chi connectivity index (χ1) is 10.7. The van der Waals surface area contributed by atoms with Gasteiger partial charge in [-0.3, -0.25) is 4.90 Å². The zero-order valence-electron chi connectivity index (χ0n) is 13.8. The van der Waals surface area contributed by atoms with Gasteiger partial charge in [0.1, 0.15) is 0 Å². The summed E-state index contributed by atoms with van der Waals surface area (Å²) < 4.78 is 5.41. The van der Waals surface area contributed by atoms with Gasteiger partial charge in [0.05, 0.1) is 19.8 Å². The molecule has 0 aliphatic carbocycles. The quantitative estimate of drug-likeness (QED) is 0.642. The predicted molar refractivity (Wildman–Crippen MR) is 90.8 cm³/mol. The third-order valence-corrected chi connectivity index (χ3v) is 4.11. The van der Waals surface area contributed by atoms with Gasteiger partial charge in [0.15, 0.2) is 5.96 Å². The van der Waals surface area contributed by atoms with E-state index < -0.39 is 0 Å². The summed E-state index contributed by atoms with van der Waals surface area (Å²) in [5, 5.41) is 0. The molecule has 1 aliphatic rings. The lowest BCUT2D eigenvalue weighted by atomic mass is 10.1. The van der Waals surface area contributed by atoms with Crippen LogP contribution in [0, 0.1) is 0 Å². The molecule has 1 aromatic rings. The van der Waals surface area contributed by atoms with Crippen LogP contribution >= 0.6 is 0 Å². The van der Waals surface area contributed by atoms with E-state index in [1.165, 1.54) is 11.1 Å². The van der Waals surface area contributed by atoms with Gasteiger partial charge in [-0.1, -0.05) is 24.3 Å². The molecule has 0 aromatic heterocycles. The van der Waals surface area contributed by atoms with Gasteiger partial charge in [-0.05, 0) is 25.0 Å². The Labute approximate surface area is 133 Å². The highest BCUT2D eigenvalue weighted by Gasteiger charge is 2.12. The van der Waals surface area contributed by atoms with E-state index in [9.17, 15) is 0 Å². The number of morpholine rings is 1. The number of rotatable bonds is 6. The van der Waals surface area contributed by atoms with Crippen molar-refractivity contribution >= 4 is 5.96 Å². The van der Waals surface area contributed by atoms with Crippen molar-refractivity contribution < 1.29 is 4.74 Å². The second-order valence-corrected chi connectivity index (χ2v) is 5.50. The van der Waals surface area contributed by atoms with Crippen molar-refractivity contribution in [3.63, 3.8) is 0 Å². The summed E-state index contributed by atoms with van der Waals surface area (Å²) in [7, 11) is 0. The third kappa shape index (κ3) is 4.71. The van der Waals surface area contributed by atoms with Crippen LogP contribution in [-0.2, 0) is 17.8 Å². The van der Waals surface area contributed by atoms with Crippen molar-refractivity contribution in [1.29, 1.82) is 0 Å². The Morgan fingerprint density at radius 3 is 2.45 bits per heavy atom. The van der Waals surface area contributed by atoms with Crippen LogP contribution in [0.2, 0.25) is 0 Å². The van der Waals surface area contributed by atoms with E-state index in [0.717, 1.165) is 45.9 Å². The van der Waals surface area contributed by atoms with Crippen molar-refractivity contribution in [3.8, 4) is 0 Å². The Balaban J connectivity index is 2.02. The highest BCUT2D eigenvalue weighted by Crippen LogP contribution is 2.14. The average molecular weight is 304 g/mol. The SMILES string of the molecule is CCN(CC)C(N)=NCc1ccccc1CN1CCOCC1. The number of benzene rings is 1. The summed E-state index contributed by atoms with van der Waals surface area (Å²) in [5.41, 5.74) is 8.66. The summed E-state index contributed by atoms with van der Waals surface area (Å²) in [6, 6.07) is 8.50. The molecule has 22 heavy (non-hydrogen) atoms. The minimum atomic E-state index is 0.631. The van der Waals surface area contributed by atoms with Gasteiger partial charge < -0.3 is 15.4 Å². The van der Waals surface area contributed by atoms with E-state index >= 15 is 0 Å². The van der Waals surface area contributed by atoms with Crippen molar-refractivity contribution in [2.45, 2.75) is 26.9 Å². The van der Waals surface area contributed by atoms with Crippen LogP contribution in [0.1, 0.15) is 25.0 Å². The normalized spacial score (nSPS) is 16.7. The molecule has 5 nitrogen and oxygen atoms in total. The molecule has 0 amide bonds. The average Bonchev–Trinajstić information content (AvgIpc) is 2.56. The minimum Gasteiger partial charge on any atom is -0.379 e.